The van der Waals surface area contributed by atoms with Crippen LogP contribution in [0.25, 0.3) is 0 Å². The molecule has 0 rings (SSSR count). The standard InChI is InChI=1S/C11H23NO5P/c1-7(2)16-10(13)9(5)12-11(15-6)18(14)17-8(3)4/h7-9,11-12H,1-6H3/q+1/t9-,11?/m0/s1. The molecule has 1 N–H and O–H groups in total. The number of carbonyl (C=O) groups is 1. The van der Waals surface area contributed by atoms with Gasteiger partial charge in [0.2, 0.25) is 0 Å². The minimum atomic E-state index is -2.05. The second-order valence-corrected chi connectivity index (χ2v) is 5.65. The van der Waals surface area contributed by atoms with E-state index in [2.05, 4.69) is 5.32 Å². The highest BCUT2D eigenvalue weighted by Gasteiger charge is 2.36. The Bertz CT molecular complexity index is 283. The van der Waals surface area contributed by atoms with Crippen molar-refractivity contribution in [1.29, 1.82) is 0 Å². The van der Waals surface area contributed by atoms with E-state index in [4.69, 9.17) is 14.0 Å². The maximum absolute atomic E-state index is 11.8. The van der Waals surface area contributed by atoms with Gasteiger partial charge in [0.25, 0.3) is 0 Å². The number of esters is 1. The van der Waals surface area contributed by atoms with Gasteiger partial charge in [-0.3, -0.25) is 4.79 Å². The fraction of sp³-hybridized carbons (Fsp3) is 0.909. The summed E-state index contributed by atoms with van der Waals surface area (Å²) in [6, 6.07) is -0.618. The van der Waals surface area contributed by atoms with Crippen molar-refractivity contribution in [1.82, 2.24) is 5.32 Å². The van der Waals surface area contributed by atoms with Crippen LogP contribution in [-0.4, -0.2) is 37.3 Å². The Morgan fingerprint density at radius 1 is 1.11 bits per heavy atom. The third-order valence-corrected chi connectivity index (χ3v) is 3.20. The maximum Gasteiger partial charge on any atom is 0.558 e. The molecule has 0 aliphatic rings. The van der Waals surface area contributed by atoms with E-state index in [1.165, 1.54) is 7.11 Å². The van der Waals surface area contributed by atoms with Crippen LogP contribution in [0, 0.1) is 0 Å². The molecule has 6 nitrogen and oxygen atoms in total. The Kier molecular flexibility index (Phi) is 8.27. The van der Waals surface area contributed by atoms with Gasteiger partial charge in [-0.05, 0) is 39.2 Å². The van der Waals surface area contributed by atoms with Gasteiger partial charge in [0.15, 0.2) is 0 Å². The molecule has 0 saturated carbocycles. The van der Waals surface area contributed by atoms with Gasteiger partial charge in [0.05, 0.1) is 6.10 Å². The lowest BCUT2D eigenvalue weighted by Crippen LogP contribution is -2.42. The molecule has 7 heteroatoms. The minimum Gasteiger partial charge on any atom is -0.462 e. The van der Waals surface area contributed by atoms with E-state index in [1.54, 1.807) is 34.6 Å². The fourth-order valence-electron chi connectivity index (χ4n) is 1.09. The first-order valence-electron chi connectivity index (χ1n) is 5.90. The molecule has 0 bridgehead atoms. The first kappa shape index (κ1) is 17.4. The highest BCUT2D eigenvalue weighted by Crippen LogP contribution is 2.30. The molecule has 0 aromatic carbocycles. The van der Waals surface area contributed by atoms with Gasteiger partial charge >= 0.3 is 20.0 Å². The Hall–Kier alpha value is -0.550. The second-order valence-electron chi connectivity index (χ2n) is 4.40. The summed E-state index contributed by atoms with van der Waals surface area (Å²) in [6.45, 7) is 8.70. The number of rotatable bonds is 8. The van der Waals surface area contributed by atoms with Crippen LogP contribution in [0.15, 0.2) is 0 Å². The van der Waals surface area contributed by atoms with Crippen LogP contribution >= 0.6 is 8.03 Å². The SMILES string of the molecule is COC(N[C@@H](C)C(=O)OC(C)C)[P+](=O)OC(C)C. The predicted molar refractivity (Wildman–Crippen MR) is 68.5 cm³/mol. The minimum absolute atomic E-state index is 0.175. The third kappa shape index (κ3) is 7.01. The van der Waals surface area contributed by atoms with Gasteiger partial charge in [-0.2, -0.15) is 0 Å². The molecule has 3 atom stereocenters. The Labute approximate surface area is 109 Å². The van der Waals surface area contributed by atoms with E-state index in [1.807, 2.05) is 0 Å². The maximum atomic E-state index is 11.8. The first-order chi connectivity index (χ1) is 8.27. The largest absolute Gasteiger partial charge is 0.558 e. The number of ether oxygens (including phenoxy) is 2. The third-order valence-electron chi connectivity index (χ3n) is 1.83. The van der Waals surface area contributed by atoms with Gasteiger partial charge in [-0.1, -0.05) is 0 Å². The van der Waals surface area contributed by atoms with Gasteiger partial charge in [-0.15, -0.1) is 4.52 Å². The van der Waals surface area contributed by atoms with Gasteiger partial charge in [0, 0.05) is 7.11 Å². The Morgan fingerprint density at radius 2 is 1.67 bits per heavy atom. The van der Waals surface area contributed by atoms with E-state index < -0.39 is 26.0 Å². The molecule has 0 aromatic rings. The molecule has 106 valence electrons. The highest BCUT2D eigenvalue weighted by atomic mass is 31.1. The fourth-order valence-corrected chi connectivity index (χ4v) is 2.14. The van der Waals surface area contributed by atoms with E-state index in [0.717, 1.165) is 0 Å². The molecular formula is C11H23NO5P+. The lowest BCUT2D eigenvalue weighted by Gasteiger charge is -2.16. The van der Waals surface area contributed by atoms with Crippen LogP contribution in [0.2, 0.25) is 0 Å². The lowest BCUT2D eigenvalue weighted by molar-refractivity contribution is -0.150. The van der Waals surface area contributed by atoms with E-state index in [0.29, 0.717) is 0 Å². The van der Waals surface area contributed by atoms with Crippen LogP contribution in [0.4, 0.5) is 0 Å². The molecule has 2 unspecified atom stereocenters. The average Bonchev–Trinajstić information content (AvgIpc) is 2.23. The molecule has 0 aromatic heterocycles. The Morgan fingerprint density at radius 3 is 2.06 bits per heavy atom. The summed E-state index contributed by atoms with van der Waals surface area (Å²) in [6.07, 6.45) is -0.366. The molecular weight excluding hydrogens is 257 g/mol. The van der Waals surface area contributed by atoms with Crippen molar-refractivity contribution >= 4 is 14.0 Å². The summed E-state index contributed by atoms with van der Waals surface area (Å²) in [4.78, 5) is 11.6. The van der Waals surface area contributed by atoms with Crippen LogP contribution in [-0.2, 0) is 23.4 Å². The molecule has 0 aliphatic carbocycles. The number of hydrogen-bond donors (Lipinski definition) is 1. The lowest BCUT2D eigenvalue weighted by atomic mass is 10.3. The van der Waals surface area contributed by atoms with E-state index in [-0.39, 0.29) is 12.2 Å². The zero-order valence-electron chi connectivity index (χ0n) is 11.8. The van der Waals surface area contributed by atoms with Crippen LogP contribution in [0.5, 0.6) is 0 Å². The number of methoxy groups -OCH3 is 1. The molecule has 18 heavy (non-hydrogen) atoms. The number of carbonyl (C=O) groups excluding carboxylic acids is 1. The summed E-state index contributed by atoms with van der Waals surface area (Å²) in [5, 5.41) is 2.77. The van der Waals surface area contributed by atoms with Crippen molar-refractivity contribution in [3.63, 3.8) is 0 Å². The molecule has 0 fully saturated rings. The number of hydrogen-bond acceptors (Lipinski definition) is 6. The summed E-state index contributed by atoms with van der Waals surface area (Å²) >= 11 is 0. The van der Waals surface area contributed by atoms with Crippen molar-refractivity contribution in [2.75, 3.05) is 7.11 Å². The topological polar surface area (TPSA) is 73.9 Å². The van der Waals surface area contributed by atoms with Gasteiger partial charge in [0.1, 0.15) is 12.1 Å². The first-order valence-corrected chi connectivity index (χ1v) is 7.15. The predicted octanol–water partition coefficient (Wildman–Crippen LogP) is 2.01. The monoisotopic (exact) mass is 280 g/mol. The van der Waals surface area contributed by atoms with Crippen molar-refractivity contribution in [2.24, 2.45) is 0 Å². The molecule has 0 saturated heterocycles. The molecule has 0 amide bonds. The van der Waals surface area contributed by atoms with Crippen LogP contribution < -0.4 is 5.32 Å². The molecule has 0 aliphatic heterocycles. The summed E-state index contributed by atoms with van der Waals surface area (Å²) < 4.78 is 26.9. The second kappa shape index (κ2) is 8.53. The van der Waals surface area contributed by atoms with E-state index >= 15 is 0 Å². The molecule has 0 spiro atoms. The quantitative estimate of drug-likeness (QED) is 0.416. The van der Waals surface area contributed by atoms with Gasteiger partial charge in [-0.25, -0.2) is 5.32 Å². The smallest absolute Gasteiger partial charge is 0.462 e. The van der Waals surface area contributed by atoms with Crippen LogP contribution in [0.3, 0.4) is 0 Å². The zero-order valence-corrected chi connectivity index (χ0v) is 12.7. The summed E-state index contributed by atoms with van der Waals surface area (Å²) in [5.74, 6) is -1.25. The highest BCUT2D eigenvalue weighted by molar-refractivity contribution is 7.39. The normalized spacial score (nSPS) is 15.7. The number of nitrogens with one attached hydrogen (secondary N) is 1. The van der Waals surface area contributed by atoms with Crippen molar-refractivity contribution in [2.45, 2.75) is 58.8 Å². The molecule has 0 heterocycles. The average molecular weight is 280 g/mol. The summed E-state index contributed by atoms with van der Waals surface area (Å²) in [7, 11) is -0.654. The zero-order chi connectivity index (χ0) is 14.3. The Balaban J connectivity index is 4.35. The van der Waals surface area contributed by atoms with Gasteiger partial charge < -0.3 is 9.47 Å². The van der Waals surface area contributed by atoms with E-state index in [9.17, 15) is 9.36 Å². The van der Waals surface area contributed by atoms with Crippen molar-refractivity contribution < 1.29 is 23.4 Å². The summed E-state index contributed by atoms with van der Waals surface area (Å²) in [5.41, 5.74) is 0. The van der Waals surface area contributed by atoms with Crippen molar-refractivity contribution in [3.8, 4) is 0 Å². The van der Waals surface area contributed by atoms with Crippen LogP contribution in [0.1, 0.15) is 34.6 Å². The van der Waals surface area contributed by atoms with Crippen molar-refractivity contribution in [3.05, 3.63) is 0 Å². The molecule has 0 radical (unpaired) electrons.